The second-order valence-corrected chi connectivity index (χ2v) is 4.60. The predicted octanol–water partition coefficient (Wildman–Crippen LogP) is 3.87. The molecule has 0 radical (unpaired) electrons. The van der Waals surface area contributed by atoms with E-state index in [1.807, 2.05) is 42.6 Å². The summed E-state index contributed by atoms with van der Waals surface area (Å²) in [4.78, 5) is 4.19. The Bertz CT molecular complexity index is 730. The molecule has 3 heteroatoms. The van der Waals surface area contributed by atoms with Crippen molar-refractivity contribution in [1.82, 2.24) is 4.98 Å². The van der Waals surface area contributed by atoms with E-state index in [4.69, 9.17) is 5.73 Å². The van der Waals surface area contributed by atoms with Crippen molar-refractivity contribution < 1.29 is 0 Å². The number of aryl methyl sites for hydroxylation is 1. The van der Waals surface area contributed by atoms with Gasteiger partial charge in [0.2, 0.25) is 0 Å². The van der Waals surface area contributed by atoms with Gasteiger partial charge in [0.15, 0.2) is 0 Å². The van der Waals surface area contributed by atoms with Crippen molar-refractivity contribution in [3.63, 3.8) is 0 Å². The summed E-state index contributed by atoms with van der Waals surface area (Å²) in [6.07, 6.45) is 3.68. The van der Waals surface area contributed by atoms with Crippen LogP contribution in [0.3, 0.4) is 0 Å². The molecule has 19 heavy (non-hydrogen) atoms. The van der Waals surface area contributed by atoms with Crippen LogP contribution in [0.2, 0.25) is 0 Å². The maximum atomic E-state index is 5.84. The Hall–Kier alpha value is -2.55. The predicted molar refractivity (Wildman–Crippen MR) is 80.6 cm³/mol. The standard InChI is InChI=1S/C16H15N3/c1-11-5-6-13(17)9-16(11)19-15-4-2-3-12-7-8-18-10-14(12)15/h2-10,19H,17H2,1H3. The third-order valence-electron chi connectivity index (χ3n) is 3.21. The molecule has 2 aromatic carbocycles. The Morgan fingerprint density at radius 3 is 2.84 bits per heavy atom. The first-order valence-electron chi connectivity index (χ1n) is 6.20. The van der Waals surface area contributed by atoms with Crippen LogP contribution in [0.5, 0.6) is 0 Å². The number of nitrogens with two attached hydrogens (primary N) is 1. The first kappa shape index (κ1) is 11.5. The number of anilines is 3. The maximum absolute atomic E-state index is 5.84. The quantitative estimate of drug-likeness (QED) is 0.678. The third kappa shape index (κ3) is 2.22. The van der Waals surface area contributed by atoms with Crippen molar-refractivity contribution in [3.8, 4) is 0 Å². The Kier molecular flexibility index (Phi) is 2.80. The minimum atomic E-state index is 0.756. The van der Waals surface area contributed by atoms with Crippen LogP contribution < -0.4 is 11.1 Å². The number of nitrogen functional groups attached to an aromatic ring is 1. The Balaban J connectivity index is 2.08. The van der Waals surface area contributed by atoms with Gasteiger partial charge < -0.3 is 11.1 Å². The van der Waals surface area contributed by atoms with E-state index in [-0.39, 0.29) is 0 Å². The number of hydrogen-bond donors (Lipinski definition) is 2. The first-order valence-corrected chi connectivity index (χ1v) is 6.20. The average Bonchev–Trinajstić information content (AvgIpc) is 2.43. The van der Waals surface area contributed by atoms with E-state index in [9.17, 15) is 0 Å². The van der Waals surface area contributed by atoms with Crippen LogP contribution in [0.4, 0.5) is 17.1 Å². The monoisotopic (exact) mass is 249 g/mol. The number of aromatic nitrogens is 1. The van der Waals surface area contributed by atoms with Gasteiger partial charge in [-0.25, -0.2) is 0 Å². The molecule has 3 nitrogen and oxygen atoms in total. The van der Waals surface area contributed by atoms with Crippen LogP contribution in [-0.2, 0) is 0 Å². The molecule has 0 aliphatic heterocycles. The van der Waals surface area contributed by atoms with Crippen molar-refractivity contribution in [2.45, 2.75) is 6.92 Å². The summed E-state index contributed by atoms with van der Waals surface area (Å²) in [6, 6.07) is 14.0. The largest absolute Gasteiger partial charge is 0.399 e. The van der Waals surface area contributed by atoms with E-state index in [2.05, 4.69) is 23.3 Å². The maximum Gasteiger partial charge on any atom is 0.0479 e. The molecule has 0 amide bonds. The number of fused-ring (bicyclic) bond motifs is 1. The highest BCUT2D eigenvalue weighted by Gasteiger charge is 2.03. The van der Waals surface area contributed by atoms with Crippen LogP contribution in [0, 0.1) is 6.92 Å². The Labute approximate surface area is 112 Å². The number of hydrogen-bond acceptors (Lipinski definition) is 3. The van der Waals surface area contributed by atoms with Crippen molar-refractivity contribution in [2.75, 3.05) is 11.1 Å². The van der Waals surface area contributed by atoms with Crippen molar-refractivity contribution in [3.05, 3.63) is 60.4 Å². The van der Waals surface area contributed by atoms with Crippen molar-refractivity contribution in [1.29, 1.82) is 0 Å². The highest BCUT2D eigenvalue weighted by molar-refractivity contribution is 5.95. The highest BCUT2D eigenvalue weighted by Crippen LogP contribution is 2.28. The number of rotatable bonds is 2. The molecule has 0 saturated carbocycles. The smallest absolute Gasteiger partial charge is 0.0479 e. The fraction of sp³-hybridized carbons (Fsp3) is 0.0625. The molecular formula is C16H15N3. The lowest BCUT2D eigenvalue weighted by atomic mass is 10.1. The van der Waals surface area contributed by atoms with E-state index < -0.39 is 0 Å². The minimum absolute atomic E-state index is 0.756. The highest BCUT2D eigenvalue weighted by atomic mass is 14.9. The van der Waals surface area contributed by atoms with Crippen LogP contribution >= 0.6 is 0 Å². The molecule has 0 spiro atoms. The summed E-state index contributed by atoms with van der Waals surface area (Å²) < 4.78 is 0. The SMILES string of the molecule is Cc1ccc(N)cc1Nc1cccc2ccncc12. The first-order chi connectivity index (χ1) is 9.24. The van der Waals surface area contributed by atoms with Gasteiger partial charge in [-0.2, -0.15) is 0 Å². The van der Waals surface area contributed by atoms with Crippen LogP contribution in [0.15, 0.2) is 54.9 Å². The second-order valence-electron chi connectivity index (χ2n) is 4.60. The summed E-state index contributed by atoms with van der Waals surface area (Å²) in [5.74, 6) is 0. The van der Waals surface area contributed by atoms with E-state index in [0.717, 1.165) is 28.0 Å². The lowest BCUT2D eigenvalue weighted by molar-refractivity contribution is 1.36. The Morgan fingerprint density at radius 1 is 1.05 bits per heavy atom. The van der Waals surface area contributed by atoms with Gasteiger partial charge in [0, 0.05) is 34.8 Å². The molecular weight excluding hydrogens is 234 g/mol. The van der Waals surface area contributed by atoms with Gasteiger partial charge in [-0.15, -0.1) is 0 Å². The summed E-state index contributed by atoms with van der Waals surface area (Å²) in [6.45, 7) is 2.06. The van der Waals surface area contributed by atoms with Crippen molar-refractivity contribution in [2.24, 2.45) is 0 Å². The normalized spacial score (nSPS) is 10.6. The topological polar surface area (TPSA) is 50.9 Å². The fourth-order valence-corrected chi connectivity index (χ4v) is 2.14. The minimum Gasteiger partial charge on any atom is -0.399 e. The van der Waals surface area contributed by atoms with E-state index in [1.165, 1.54) is 5.39 Å². The zero-order valence-corrected chi connectivity index (χ0v) is 10.7. The third-order valence-corrected chi connectivity index (χ3v) is 3.21. The lowest BCUT2D eigenvalue weighted by Gasteiger charge is -2.12. The van der Waals surface area contributed by atoms with Gasteiger partial charge in [-0.3, -0.25) is 4.98 Å². The molecule has 0 bridgehead atoms. The fourth-order valence-electron chi connectivity index (χ4n) is 2.14. The average molecular weight is 249 g/mol. The van der Waals surface area contributed by atoms with Crippen molar-refractivity contribution >= 4 is 27.8 Å². The number of nitrogens with one attached hydrogen (secondary N) is 1. The molecule has 3 aromatic rings. The van der Waals surface area contributed by atoms with Gasteiger partial charge in [-0.05, 0) is 42.1 Å². The summed E-state index contributed by atoms with van der Waals surface area (Å²) >= 11 is 0. The molecule has 3 rings (SSSR count). The zero-order valence-electron chi connectivity index (χ0n) is 10.7. The molecule has 0 saturated heterocycles. The van der Waals surface area contributed by atoms with Gasteiger partial charge >= 0.3 is 0 Å². The summed E-state index contributed by atoms with van der Waals surface area (Å²) in [7, 11) is 0. The van der Waals surface area contributed by atoms with E-state index in [0.29, 0.717) is 0 Å². The van der Waals surface area contributed by atoms with Crippen LogP contribution in [0.25, 0.3) is 10.8 Å². The molecule has 0 fully saturated rings. The van der Waals surface area contributed by atoms with Crippen LogP contribution in [0.1, 0.15) is 5.56 Å². The Morgan fingerprint density at radius 2 is 1.95 bits per heavy atom. The van der Waals surface area contributed by atoms with Gasteiger partial charge in [0.25, 0.3) is 0 Å². The molecule has 1 aromatic heterocycles. The molecule has 3 N–H and O–H groups in total. The molecule has 0 unspecified atom stereocenters. The zero-order chi connectivity index (χ0) is 13.2. The van der Waals surface area contributed by atoms with Gasteiger partial charge in [0.05, 0.1) is 0 Å². The lowest BCUT2D eigenvalue weighted by Crippen LogP contribution is -1.96. The summed E-state index contributed by atoms with van der Waals surface area (Å²) in [5, 5.41) is 5.71. The number of pyridine rings is 1. The molecule has 0 aliphatic rings. The molecule has 0 atom stereocenters. The second kappa shape index (κ2) is 4.61. The van der Waals surface area contributed by atoms with Crippen LogP contribution in [-0.4, -0.2) is 4.98 Å². The van der Waals surface area contributed by atoms with E-state index in [1.54, 1.807) is 6.20 Å². The van der Waals surface area contributed by atoms with Gasteiger partial charge in [0.1, 0.15) is 0 Å². The molecule has 1 heterocycles. The summed E-state index contributed by atoms with van der Waals surface area (Å²) in [5.41, 5.74) is 9.82. The number of nitrogens with zero attached hydrogens (tertiary/aromatic N) is 1. The van der Waals surface area contributed by atoms with Gasteiger partial charge in [-0.1, -0.05) is 18.2 Å². The molecule has 0 aliphatic carbocycles. The molecule has 94 valence electrons. The number of benzene rings is 2. The van der Waals surface area contributed by atoms with E-state index >= 15 is 0 Å².